The van der Waals surface area contributed by atoms with E-state index in [1.807, 2.05) is 41.0 Å². The lowest BCUT2D eigenvalue weighted by atomic mass is 10.2. The molecule has 0 aliphatic rings. The van der Waals surface area contributed by atoms with Gasteiger partial charge in [0.15, 0.2) is 6.61 Å². The lowest BCUT2D eigenvalue weighted by molar-refractivity contribution is -0.384. The standard InChI is InChI=1S/C21H17N5O4/c27-21(13-30-17-8-6-16(7-9-17)26(28)29)23-12-15-5-10-20(22-11-15)25-14-24-18-3-1-2-4-19(18)25/h1-11,14H,12-13H2,(H,23,27). The van der Waals surface area contributed by atoms with Crippen molar-refractivity contribution >= 4 is 22.6 Å². The first-order valence-corrected chi connectivity index (χ1v) is 9.11. The summed E-state index contributed by atoms with van der Waals surface area (Å²) < 4.78 is 7.24. The van der Waals surface area contributed by atoms with Crippen molar-refractivity contribution < 1.29 is 14.5 Å². The van der Waals surface area contributed by atoms with E-state index in [1.54, 1.807) is 12.5 Å². The van der Waals surface area contributed by atoms with Crippen molar-refractivity contribution in [3.8, 4) is 11.6 Å². The molecule has 1 N–H and O–H groups in total. The maximum Gasteiger partial charge on any atom is 0.269 e. The number of fused-ring (bicyclic) bond motifs is 1. The first kappa shape index (κ1) is 19.1. The summed E-state index contributed by atoms with van der Waals surface area (Å²) in [5, 5.41) is 13.4. The van der Waals surface area contributed by atoms with E-state index in [-0.39, 0.29) is 18.2 Å². The van der Waals surface area contributed by atoms with Gasteiger partial charge in [-0.2, -0.15) is 0 Å². The molecule has 4 rings (SSSR count). The topological polar surface area (TPSA) is 112 Å². The number of aromatic nitrogens is 3. The number of nitro benzene ring substituents is 1. The highest BCUT2D eigenvalue weighted by Gasteiger charge is 2.08. The zero-order valence-corrected chi connectivity index (χ0v) is 15.8. The predicted octanol–water partition coefficient (Wildman–Crippen LogP) is 3.02. The third-order valence-electron chi connectivity index (χ3n) is 4.42. The largest absolute Gasteiger partial charge is 0.484 e. The summed E-state index contributed by atoms with van der Waals surface area (Å²) in [5.74, 6) is 0.813. The number of nitrogens with zero attached hydrogens (tertiary/aromatic N) is 4. The number of amides is 1. The molecule has 1 amide bonds. The Morgan fingerprint density at radius 3 is 2.60 bits per heavy atom. The van der Waals surface area contributed by atoms with Gasteiger partial charge in [0.1, 0.15) is 17.9 Å². The average Bonchev–Trinajstić information content (AvgIpc) is 3.21. The van der Waals surface area contributed by atoms with Gasteiger partial charge in [0, 0.05) is 24.9 Å². The molecule has 0 saturated heterocycles. The molecule has 150 valence electrons. The van der Waals surface area contributed by atoms with E-state index in [1.165, 1.54) is 24.3 Å². The number of para-hydroxylation sites is 2. The highest BCUT2D eigenvalue weighted by molar-refractivity contribution is 5.77. The molecule has 9 nitrogen and oxygen atoms in total. The van der Waals surface area contributed by atoms with Crippen LogP contribution in [0.5, 0.6) is 5.75 Å². The monoisotopic (exact) mass is 403 g/mol. The number of carbonyl (C=O) groups excluding carboxylic acids is 1. The summed E-state index contributed by atoms with van der Waals surface area (Å²) in [7, 11) is 0. The number of hydrogen-bond donors (Lipinski definition) is 1. The van der Waals surface area contributed by atoms with E-state index in [9.17, 15) is 14.9 Å². The molecule has 0 aliphatic carbocycles. The normalized spacial score (nSPS) is 10.7. The Labute approximate surface area is 171 Å². The number of ether oxygens (including phenoxy) is 1. The fraction of sp³-hybridized carbons (Fsp3) is 0.0952. The number of pyridine rings is 1. The van der Waals surface area contributed by atoms with Crippen LogP contribution in [-0.4, -0.2) is 32.0 Å². The molecule has 4 aromatic rings. The van der Waals surface area contributed by atoms with Crippen molar-refractivity contribution in [1.82, 2.24) is 19.9 Å². The fourth-order valence-corrected chi connectivity index (χ4v) is 2.87. The molecule has 0 unspecified atom stereocenters. The Balaban J connectivity index is 1.30. The van der Waals surface area contributed by atoms with Crippen molar-refractivity contribution in [3.63, 3.8) is 0 Å². The van der Waals surface area contributed by atoms with Crippen molar-refractivity contribution in [2.45, 2.75) is 6.54 Å². The highest BCUT2D eigenvalue weighted by atomic mass is 16.6. The summed E-state index contributed by atoms with van der Waals surface area (Å²) in [5.41, 5.74) is 2.66. The van der Waals surface area contributed by atoms with Crippen molar-refractivity contribution in [2.24, 2.45) is 0 Å². The number of nitro groups is 1. The summed E-state index contributed by atoms with van der Waals surface area (Å²) in [6.45, 7) is 0.116. The van der Waals surface area contributed by atoms with Gasteiger partial charge in [0.2, 0.25) is 0 Å². The van der Waals surface area contributed by atoms with Crippen LogP contribution < -0.4 is 10.1 Å². The van der Waals surface area contributed by atoms with Crippen LogP contribution in [0.4, 0.5) is 5.69 Å². The molecule has 30 heavy (non-hydrogen) atoms. The minimum atomic E-state index is -0.495. The smallest absolute Gasteiger partial charge is 0.269 e. The van der Waals surface area contributed by atoms with Gasteiger partial charge in [-0.1, -0.05) is 18.2 Å². The Bertz CT molecular complexity index is 1190. The number of imidazole rings is 1. The predicted molar refractivity (Wildman–Crippen MR) is 109 cm³/mol. The number of carbonyl (C=O) groups is 1. The number of non-ortho nitro benzene ring substituents is 1. The van der Waals surface area contributed by atoms with Crippen LogP contribution in [-0.2, 0) is 11.3 Å². The summed E-state index contributed by atoms with van der Waals surface area (Å²) >= 11 is 0. The van der Waals surface area contributed by atoms with Crippen LogP contribution in [0, 0.1) is 10.1 Å². The molecule has 2 heterocycles. The van der Waals surface area contributed by atoms with Crippen molar-refractivity contribution in [2.75, 3.05) is 6.61 Å². The molecule has 0 aliphatic heterocycles. The molecule has 0 saturated carbocycles. The van der Waals surface area contributed by atoms with Crippen LogP contribution in [0.3, 0.4) is 0 Å². The van der Waals surface area contributed by atoms with Gasteiger partial charge in [-0.15, -0.1) is 0 Å². The van der Waals surface area contributed by atoms with Gasteiger partial charge in [-0.25, -0.2) is 9.97 Å². The summed E-state index contributed by atoms with van der Waals surface area (Å²) in [6, 6.07) is 17.1. The minimum Gasteiger partial charge on any atom is -0.484 e. The maximum atomic E-state index is 12.0. The van der Waals surface area contributed by atoms with Crippen molar-refractivity contribution in [1.29, 1.82) is 0 Å². The van der Waals surface area contributed by atoms with Gasteiger partial charge < -0.3 is 10.1 Å². The Morgan fingerprint density at radius 1 is 1.07 bits per heavy atom. The lowest BCUT2D eigenvalue weighted by Gasteiger charge is -2.08. The molecule has 9 heteroatoms. The van der Waals surface area contributed by atoms with Gasteiger partial charge in [0.05, 0.1) is 16.0 Å². The third kappa shape index (κ3) is 4.25. The minimum absolute atomic E-state index is 0.0357. The number of rotatable bonds is 7. The maximum absolute atomic E-state index is 12.0. The van der Waals surface area contributed by atoms with Gasteiger partial charge in [0.25, 0.3) is 11.6 Å². The van der Waals surface area contributed by atoms with E-state index >= 15 is 0 Å². The van der Waals surface area contributed by atoms with E-state index in [2.05, 4.69) is 15.3 Å². The van der Waals surface area contributed by atoms with E-state index in [0.29, 0.717) is 12.3 Å². The molecule has 2 aromatic carbocycles. The summed E-state index contributed by atoms with van der Waals surface area (Å²) in [4.78, 5) is 30.9. The Hall–Kier alpha value is -4.27. The first-order chi connectivity index (χ1) is 14.6. The van der Waals surface area contributed by atoms with Crippen LogP contribution >= 0.6 is 0 Å². The fourth-order valence-electron chi connectivity index (χ4n) is 2.87. The van der Waals surface area contributed by atoms with Crippen LogP contribution in [0.15, 0.2) is 73.2 Å². The highest BCUT2D eigenvalue weighted by Crippen LogP contribution is 2.18. The molecule has 0 spiro atoms. The van der Waals surface area contributed by atoms with E-state index in [4.69, 9.17) is 4.74 Å². The second-order valence-corrected chi connectivity index (χ2v) is 6.44. The molecule has 0 atom stereocenters. The molecule has 0 fully saturated rings. The second-order valence-electron chi connectivity index (χ2n) is 6.44. The molecule has 0 bridgehead atoms. The first-order valence-electron chi connectivity index (χ1n) is 9.11. The molecular formula is C21H17N5O4. The second kappa shape index (κ2) is 8.39. The number of nitrogens with one attached hydrogen (secondary N) is 1. The van der Waals surface area contributed by atoms with Gasteiger partial charge >= 0.3 is 0 Å². The van der Waals surface area contributed by atoms with Crippen LogP contribution in [0.2, 0.25) is 0 Å². The lowest BCUT2D eigenvalue weighted by Crippen LogP contribution is -2.28. The summed E-state index contributed by atoms with van der Waals surface area (Å²) in [6.07, 6.45) is 3.42. The quantitative estimate of drug-likeness (QED) is 0.375. The zero-order valence-electron chi connectivity index (χ0n) is 15.8. The third-order valence-corrected chi connectivity index (χ3v) is 4.42. The van der Waals surface area contributed by atoms with Crippen LogP contribution in [0.25, 0.3) is 16.9 Å². The van der Waals surface area contributed by atoms with E-state index in [0.717, 1.165) is 22.4 Å². The Kier molecular flexibility index (Phi) is 5.33. The van der Waals surface area contributed by atoms with Crippen LogP contribution in [0.1, 0.15) is 5.56 Å². The number of benzene rings is 2. The zero-order chi connectivity index (χ0) is 20.9. The van der Waals surface area contributed by atoms with Gasteiger partial charge in [-0.3, -0.25) is 19.5 Å². The number of hydrogen-bond acceptors (Lipinski definition) is 6. The van der Waals surface area contributed by atoms with Crippen molar-refractivity contribution in [3.05, 3.63) is 88.9 Å². The van der Waals surface area contributed by atoms with E-state index < -0.39 is 4.92 Å². The molecular weight excluding hydrogens is 386 g/mol. The molecule has 0 radical (unpaired) electrons. The van der Waals surface area contributed by atoms with Gasteiger partial charge in [-0.05, 0) is 35.9 Å². The molecule has 2 aromatic heterocycles. The average molecular weight is 403 g/mol. The Morgan fingerprint density at radius 2 is 1.87 bits per heavy atom. The SMILES string of the molecule is O=C(COc1ccc([N+](=O)[O-])cc1)NCc1ccc(-n2cnc3ccccc32)nc1.